The van der Waals surface area contributed by atoms with Crippen molar-refractivity contribution in [1.82, 2.24) is 0 Å². The molecular weight excluding hydrogens is 178 g/mol. The number of rotatable bonds is 1. The molecule has 0 unspecified atom stereocenters. The van der Waals surface area contributed by atoms with E-state index in [9.17, 15) is 0 Å². The zero-order chi connectivity index (χ0) is 7.40. The van der Waals surface area contributed by atoms with Gasteiger partial charge < -0.3 is 0 Å². The first-order valence-electron chi connectivity index (χ1n) is 2.66. The smallest absolute Gasteiger partial charge is 0.0740 e. The zero-order valence-corrected chi connectivity index (χ0v) is 6.62. The van der Waals surface area contributed by atoms with E-state index in [1.807, 2.05) is 0 Å². The van der Waals surface area contributed by atoms with Gasteiger partial charge >= 0.3 is 0 Å². The molecule has 1 aromatic rings. The molecule has 0 radical (unpaired) electrons. The number of halogens is 1. The number of aliphatic imine (C=N–C) groups is 1. The van der Waals surface area contributed by atoms with Crippen molar-refractivity contribution in [1.29, 1.82) is 0 Å². The summed E-state index contributed by atoms with van der Waals surface area (Å²) in [6.45, 7) is 0. The number of thiocarbonyl (C=S) groups is 1. The topological polar surface area (TPSA) is 12.4 Å². The second-order valence-corrected chi connectivity index (χ2v) is 2.30. The lowest BCUT2D eigenvalue weighted by Crippen LogP contribution is -1.62. The summed E-state index contributed by atoms with van der Waals surface area (Å²) < 4.78 is 0. The summed E-state index contributed by atoms with van der Waals surface area (Å²) in [6.07, 6.45) is 0. The van der Waals surface area contributed by atoms with E-state index in [1.54, 1.807) is 24.3 Å². The Bertz CT molecular complexity index is 261. The molecule has 3 heteroatoms. The number of hydrogen-bond donors (Lipinski definition) is 0. The molecule has 0 aliphatic rings. The van der Waals surface area contributed by atoms with Crippen LogP contribution in [0.5, 0.6) is 0 Å². The number of isothiocyanates is 1. The Morgan fingerprint density at radius 2 is 1.90 bits per heavy atom. The van der Waals surface area contributed by atoms with Gasteiger partial charge in [0.25, 0.3) is 0 Å². The van der Waals surface area contributed by atoms with Crippen molar-refractivity contribution in [3.8, 4) is 0 Å². The molecule has 10 heavy (non-hydrogen) atoms. The first-order valence-corrected chi connectivity index (χ1v) is 3.45. The Morgan fingerprint density at radius 1 is 1.30 bits per heavy atom. The molecule has 0 saturated heterocycles. The normalized spacial score (nSPS) is 8.50. The van der Waals surface area contributed by atoms with Crippen molar-refractivity contribution in [2.75, 3.05) is 0 Å². The van der Waals surface area contributed by atoms with Gasteiger partial charge in [-0.15, -0.1) is 0 Å². The predicted octanol–water partition coefficient (Wildman–Crippen LogP) is 3.07. The molecule has 0 N–H and O–H groups in total. The van der Waals surface area contributed by atoms with Crippen molar-refractivity contribution in [2.45, 2.75) is 0 Å². The van der Waals surface area contributed by atoms with E-state index < -0.39 is 0 Å². The predicted molar refractivity (Wildman–Crippen MR) is 46.1 cm³/mol. The molecule has 0 atom stereocenters. The monoisotopic (exact) mass is 181 g/mol. The lowest BCUT2D eigenvalue weighted by atomic mass is 11.7. The standard InChI is InChI=1S/C7H4ClNS/c8-6-1-3-7(4-2-6)9-5-10/h1-4H/i1+2,2+2,3+2,4+2,6+2,7+2. The lowest BCUT2D eigenvalue weighted by Gasteiger charge is -1.88. The number of hydrogen-bond acceptors (Lipinski definition) is 2. The molecule has 0 spiro atoms. The maximum atomic E-state index is 5.62. The van der Waals surface area contributed by atoms with Gasteiger partial charge in [-0.25, -0.2) is 0 Å². The third-order valence-corrected chi connectivity index (χ3v) is 1.34. The molecule has 0 fully saturated rings. The molecule has 0 saturated carbocycles. The van der Waals surface area contributed by atoms with Gasteiger partial charge in [0.15, 0.2) is 0 Å². The molecular formula is C7H4ClNS. The van der Waals surface area contributed by atoms with Crippen molar-refractivity contribution < 1.29 is 0 Å². The minimum Gasteiger partial charge on any atom is -0.195 e. The molecule has 0 aliphatic carbocycles. The van der Waals surface area contributed by atoms with Crippen LogP contribution >= 0.6 is 23.8 Å². The summed E-state index contributed by atoms with van der Waals surface area (Å²) in [5.74, 6) is 0. The van der Waals surface area contributed by atoms with Crippen LogP contribution in [0.15, 0.2) is 29.3 Å². The first-order chi connectivity index (χ1) is 4.83. The van der Waals surface area contributed by atoms with E-state index in [0.717, 1.165) is 5.69 Å². The maximum absolute atomic E-state index is 5.62. The van der Waals surface area contributed by atoms with Gasteiger partial charge in [-0.05, 0) is 36.5 Å². The quantitative estimate of drug-likeness (QED) is 0.479. The Labute approximate surface area is 69.4 Å². The van der Waals surface area contributed by atoms with Crippen LogP contribution in [-0.4, -0.2) is 5.16 Å². The molecule has 0 heterocycles. The Kier molecular flexibility index (Phi) is 2.57. The van der Waals surface area contributed by atoms with Crippen molar-refractivity contribution in [3.63, 3.8) is 0 Å². The molecule has 1 nitrogen and oxygen atoms in total. The van der Waals surface area contributed by atoms with Gasteiger partial charge in [-0.2, -0.15) is 4.99 Å². The third kappa shape index (κ3) is 1.92. The van der Waals surface area contributed by atoms with Crippen LogP contribution in [0.25, 0.3) is 0 Å². The Morgan fingerprint density at radius 3 is 2.40 bits per heavy atom. The highest BCUT2D eigenvalue weighted by Crippen LogP contribution is 2.14. The summed E-state index contributed by atoms with van der Waals surface area (Å²) in [5, 5.41) is 2.97. The van der Waals surface area contributed by atoms with Gasteiger partial charge in [0, 0.05) is 5.02 Å². The average Bonchev–Trinajstić information content (AvgIpc) is 1.95. The zero-order valence-electron chi connectivity index (χ0n) is 5.04. The van der Waals surface area contributed by atoms with Crippen LogP contribution < -0.4 is 0 Å². The first kappa shape index (κ1) is 7.42. The highest BCUT2D eigenvalue weighted by molar-refractivity contribution is 7.78. The van der Waals surface area contributed by atoms with E-state index in [-0.39, 0.29) is 0 Å². The van der Waals surface area contributed by atoms with E-state index in [2.05, 4.69) is 22.4 Å². The Balaban J connectivity index is 3.00. The molecule has 0 amide bonds. The van der Waals surface area contributed by atoms with E-state index in [0.29, 0.717) is 5.02 Å². The van der Waals surface area contributed by atoms with Crippen molar-refractivity contribution >= 4 is 34.7 Å². The summed E-state index contributed by atoms with van der Waals surface area (Å²) in [4.78, 5) is 3.75. The summed E-state index contributed by atoms with van der Waals surface area (Å²) >= 11 is 10.0. The summed E-state index contributed by atoms with van der Waals surface area (Å²) in [5.41, 5.74) is 0.777. The van der Waals surface area contributed by atoms with Crippen LogP contribution in [0.1, 0.15) is 0 Å². The van der Waals surface area contributed by atoms with Crippen LogP contribution in [0.4, 0.5) is 5.69 Å². The van der Waals surface area contributed by atoms with Crippen LogP contribution in [0.3, 0.4) is 0 Å². The molecule has 0 aromatic heterocycles. The molecule has 1 rings (SSSR count). The highest BCUT2D eigenvalue weighted by Gasteiger charge is 1.86. The van der Waals surface area contributed by atoms with Gasteiger partial charge in [-0.3, -0.25) is 0 Å². The molecule has 0 aliphatic heterocycles. The molecule has 0 bridgehead atoms. The van der Waals surface area contributed by atoms with Crippen LogP contribution in [0, 0.1) is 0 Å². The van der Waals surface area contributed by atoms with Gasteiger partial charge in [-0.1, -0.05) is 11.6 Å². The molecule has 1 aromatic carbocycles. The third-order valence-electron chi connectivity index (χ3n) is 1.00. The number of benzene rings is 1. The van der Waals surface area contributed by atoms with E-state index >= 15 is 0 Å². The second-order valence-electron chi connectivity index (χ2n) is 1.68. The van der Waals surface area contributed by atoms with Crippen molar-refractivity contribution in [3.05, 3.63) is 29.3 Å². The Hall–Kier alpha value is -0.690. The fourth-order valence-corrected chi connectivity index (χ4v) is 0.800. The van der Waals surface area contributed by atoms with Crippen LogP contribution in [-0.2, 0) is 0 Å². The van der Waals surface area contributed by atoms with E-state index in [1.165, 1.54) is 0 Å². The van der Waals surface area contributed by atoms with Gasteiger partial charge in [0.2, 0.25) is 0 Å². The van der Waals surface area contributed by atoms with Crippen molar-refractivity contribution in [2.24, 2.45) is 4.99 Å². The maximum Gasteiger partial charge on any atom is 0.0740 e. The van der Waals surface area contributed by atoms with Crippen LogP contribution in [0.2, 0.25) is 5.02 Å². The second kappa shape index (κ2) is 3.47. The highest BCUT2D eigenvalue weighted by atomic mass is 35.5. The summed E-state index contributed by atoms with van der Waals surface area (Å²) in [6, 6.07) is 7.07. The SMILES string of the molecule is S=C=N[14c]1[14cH][14cH][14c](Cl)[14cH][14cH]1. The average molecular weight is 182 g/mol. The van der Waals surface area contributed by atoms with Gasteiger partial charge in [0.1, 0.15) is 0 Å². The van der Waals surface area contributed by atoms with E-state index in [4.69, 9.17) is 11.6 Å². The molecule has 50 valence electrons. The minimum absolute atomic E-state index is 0.698. The fourth-order valence-electron chi connectivity index (χ4n) is 0.568. The largest absolute Gasteiger partial charge is 0.195 e. The fraction of sp³-hybridized carbons (Fsp3) is 0. The minimum atomic E-state index is 0.698. The van der Waals surface area contributed by atoms with Gasteiger partial charge in [0.05, 0.1) is 10.8 Å². The summed E-state index contributed by atoms with van der Waals surface area (Å²) in [7, 11) is 0. The lowest BCUT2D eigenvalue weighted by molar-refractivity contribution is 1.55. The number of nitrogens with zero attached hydrogens (tertiary/aromatic N) is 1.